The Morgan fingerprint density at radius 1 is 0.656 bits per heavy atom. The quantitative estimate of drug-likeness (QED) is 0.455. The van der Waals surface area contributed by atoms with E-state index >= 15 is 0 Å². The Hall–Kier alpha value is -2.71. The normalized spacial score (nSPS) is 21.9. The summed E-state index contributed by atoms with van der Waals surface area (Å²) in [6, 6.07) is 8.88. The molecule has 0 N–H and O–H groups in total. The highest BCUT2D eigenvalue weighted by Crippen LogP contribution is 2.39. The molecule has 2 atom stereocenters. The number of benzene rings is 2. The van der Waals surface area contributed by atoms with Crippen LogP contribution in [0, 0.1) is 0 Å². The van der Waals surface area contributed by atoms with Crippen LogP contribution in [0.2, 0.25) is 0 Å². The number of likely N-dealkylation sites (tertiary alicyclic amines) is 2. The smallest absolute Gasteiger partial charge is 0.318 e. The monoisotopic (exact) mass is 456 g/mol. The number of rotatable bonds is 2. The van der Waals surface area contributed by atoms with E-state index in [0.717, 1.165) is 37.1 Å². The van der Waals surface area contributed by atoms with Gasteiger partial charge in [-0.2, -0.15) is 26.3 Å². The number of alkyl halides is 6. The lowest BCUT2D eigenvalue weighted by atomic mass is 10.0. The van der Waals surface area contributed by atoms with Gasteiger partial charge in [-0.15, -0.1) is 0 Å². The van der Waals surface area contributed by atoms with Crippen LogP contribution >= 0.6 is 0 Å². The number of urea groups is 1. The Labute approximate surface area is 181 Å². The lowest BCUT2D eigenvalue weighted by molar-refractivity contribution is -0.138. The molecule has 2 amide bonds. The lowest BCUT2D eigenvalue weighted by Gasteiger charge is -2.33. The van der Waals surface area contributed by atoms with E-state index in [1.165, 1.54) is 24.3 Å². The van der Waals surface area contributed by atoms with Crippen LogP contribution in [0.1, 0.15) is 60.0 Å². The third-order valence-corrected chi connectivity index (χ3v) is 6.24. The van der Waals surface area contributed by atoms with E-state index in [1.807, 2.05) is 0 Å². The van der Waals surface area contributed by atoms with Crippen LogP contribution in [0.5, 0.6) is 0 Å². The summed E-state index contributed by atoms with van der Waals surface area (Å²) in [4.78, 5) is 16.7. The van der Waals surface area contributed by atoms with Gasteiger partial charge < -0.3 is 9.80 Å². The van der Waals surface area contributed by atoms with E-state index in [2.05, 4.69) is 0 Å². The second-order valence-corrected chi connectivity index (χ2v) is 8.22. The first-order valence-corrected chi connectivity index (χ1v) is 10.5. The molecule has 2 heterocycles. The molecular formula is C23H22F6N2O. The van der Waals surface area contributed by atoms with Crippen LogP contribution in [0.4, 0.5) is 31.1 Å². The minimum Gasteiger partial charge on any atom is -0.318 e. The van der Waals surface area contributed by atoms with Gasteiger partial charge in [0.1, 0.15) is 0 Å². The summed E-state index contributed by atoms with van der Waals surface area (Å²) >= 11 is 0. The number of amides is 2. The van der Waals surface area contributed by atoms with Crippen molar-refractivity contribution < 1.29 is 31.1 Å². The first kappa shape index (κ1) is 22.5. The molecule has 2 aromatic rings. The van der Waals surface area contributed by atoms with Crippen LogP contribution in [0.15, 0.2) is 48.5 Å². The van der Waals surface area contributed by atoms with Crippen LogP contribution < -0.4 is 0 Å². The maximum atomic E-state index is 13.4. The van der Waals surface area contributed by atoms with Gasteiger partial charge in [0.15, 0.2) is 0 Å². The Morgan fingerprint density at radius 3 is 1.31 bits per heavy atom. The molecule has 2 aliphatic rings. The van der Waals surface area contributed by atoms with Crippen molar-refractivity contribution in [3.05, 3.63) is 70.8 Å². The molecule has 2 aromatic carbocycles. The summed E-state index contributed by atoms with van der Waals surface area (Å²) in [5.74, 6) is 0. The zero-order valence-corrected chi connectivity index (χ0v) is 17.1. The fourth-order valence-electron chi connectivity index (χ4n) is 4.64. The van der Waals surface area contributed by atoms with E-state index in [-0.39, 0.29) is 18.1 Å². The van der Waals surface area contributed by atoms with Gasteiger partial charge >= 0.3 is 18.4 Å². The van der Waals surface area contributed by atoms with Gasteiger partial charge in [0.25, 0.3) is 0 Å². The van der Waals surface area contributed by atoms with E-state index in [4.69, 9.17) is 0 Å². The first-order chi connectivity index (χ1) is 15.1. The Bertz CT molecular complexity index is 875. The standard InChI is InChI=1S/C23H22F6N2O/c24-22(25,26)17-9-5-15(6-10-17)19-3-1-13-30(19)21(32)31-14-2-4-20(31)16-7-11-18(12-8-16)23(27,28)29/h5-12,19-20H,1-4,13-14H2. The molecule has 4 rings (SSSR count). The van der Waals surface area contributed by atoms with E-state index < -0.39 is 23.5 Å². The third-order valence-electron chi connectivity index (χ3n) is 6.24. The largest absolute Gasteiger partial charge is 0.416 e. The molecule has 3 nitrogen and oxygen atoms in total. The van der Waals surface area contributed by atoms with E-state index in [1.54, 1.807) is 9.80 Å². The van der Waals surface area contributed by atoms with Gasteiger partial charge in [-0.3, -0.25) is 0 Å². The molecule has 0 spiro atoms. The molecule has 2 unspecified atom stereocenters. The van der Waals surface area contributed by atoms with Crippen LogP contribution in [-0.2, 0) is 12.4 Å². The minimum absolute atomic E-state index is 0.227. The second kappa shape index (κ2) is 8.33. The Balaban J connectivity index is 1.52. The van der Waals surface area contributed by atoms with Gasteiger partial charge in [0.05, 0.1) is 23.2 Å². The molecule has 0 aliphatic carbocycles. The SMILES string of the molecule is O=C(N1CCCC1c1ccc(C(F)(F)F)cc1)N1CCCC1c1ccc(C(F)(F)F)cc1. The summed E-state index contributed by atoms with van der Waals surface area (Å²) in [5.41, 5.74) is -0.179. The molecule has 32 heavy (non-hydrogen) atoms. The predicted molar refractivity (Wildman–Crippen MR) is 106 cm³/mol. The van der Waals surface area contributed by atoms with Crippen molar-refractivity contribution in [2.45, 2.75) is 50.1 Å². The van der Waals surface area contributed by atoms with Gasteiger partial charge in [-0.05, 0) is 61.1 Å². The highest BCUT2D eigenvalue weighted by atomic mass is 19.4. The van der Waals surface area contributed by atoms with Gasteiger partial charge in [-0.25, -0.2) is 4.79 Å². The zero-order valence-electron chi connectivity index (χ0n) is 17.1. The highest BCUT2D eigenvalue weighted by molar-refractivity contribution is 5.76. The number of carbonyl (C=O) groups is 1. The average Bonchev–Trinajstić information content (AvgIpc) is 3.42. The Morgan fingerprint density at radius 2 is 1.00 bits per heavy atom. The van der Waals surface area contributed by atoms with Gasteiger partial charge in [-0.1, -0.05) is 24.3 Å². The van der Waals surface area contributed by atoms with Crippen molar-refractivity contribution in [3.63, 3.8) is 0 Å². The number of hydrogen-bond acceptors (Lipinski definition) is 1. The van der Waals surface area contributed by atoms with E-state index in [0.29, 0.717) is 37.1 Å². The van der Waals surface area contributed by atoms with Crippen LogP contribution in [0.25, 0.3) is 0 Å². The summed E-state index contributed by atoms with van der Waals surface area (Å²) in [5, 5.41) is 0. The third kappa shape index (κ3) is 4.42. The molecule has 172 valence electrons. The molecule has 0 radical (unpaired) electrons. The van der Waals surface area contributed by atoms with Crippen molar-refractivity contribution in [2.24, 2.45) is 0 Å². The molecule has 0 aromatic heterocycles. The van der Waals surface area contributed by atoms with Crippen LogP contribution in [0.3, 0.4) is 0 Å². The van der Waals surface area contributed by atoms with Crippen molar-refractivity contribution in [1.29, 1.82) is 0 Å². The van der Waals surface area contributed by atoms with Crippen molar-refractivity contribution in [1.82, 2.24) is 9.80 Å². The number of halogens is 6. The maximum Gasteiger partial charge on any atom is 0.416 e. The lowest BCUT2D eigenvalue weighted by Crippen LogP contribution is -2.42. The molecule has 9 heteroatoms. The summed E-state index contributed by atoms with van der Waals surface area (Å²) in [6.45, 7) is 0.974. The number of nitrogens with zero attached hydrogens (tertiary/aromatic N) is 2. The number of hydrogen-bond donors (Lipinski definition) is 0. The van der Waals surface area contributed by atoms with Crippen molar-refractivity contribution in [3.8, 4) is 0 Å². The zero-order chi connectivity index (χ0) is 23.1. The summed E-state index contributed by atoms with van der Waals surface area (Å²) in [6.07, 6.45) is -6.08. The summed E-state index contributed by atoms with van der Waals surface area (Å²) in [7, 11) is 0. The molecule has 2 saturated heterocycles. The van der Waals surface area contributed by atoms with Crippen molar-refractivity contribution >= 4 is 6.03 Å². The molecular weight excluding hydrogens is 434 g/mol. The Kier molecular flexibility index (Phi) is 5.85. The maximum absolute atomic E-state index is 13.4. The van der Waals surface area contributed by atoms with Crippen LogP contribution in [-0.4, -0.2) is 28.9 Å². The fourth-order valence-corrected chi connectivity index (χ4v) is 4.64. The predicted octanol–water partition coefficient (Wildman–Crippen LogP) is 6.82. The first-order valence-electron chi connectivity index (χ1n) is 10.5. The molecule has 0 saturated carbocycles. The highest BCUT2D eigenvalue weighted by Gasteiger charge is 2.39. The topological polar surface area (TPSA) is 23.6 Å². The number of carbonyl (C=O) groups excluding carboxylic acids is 1. The second-order valence-electron chi connectivity index (χ2n) is 8.22. The molecule has 2 fully saturated rings. The summed E-state index contributed by atoms with van der Waals surface area (Å²) < 4.78 is 77.2. The molecule has 0 bridgehead atoms. The van der Waals surface area contributed by atoms with E-state index in [9.17, 15) is 31.1 Å². The van der Waals surface area contributed by atoms with Gasteiger partial charge in [0.2, 0.25) is 0 Å². The molecule has 2 aliphatic heterocycles. The van der Waals surface area contributed by atoms with Crippen molar-refractivity contribution in [2.75, 3.05) is 13.1 Å². The minimum atomic E-state index is -4.42. The fraction of sp³-hybridized carbons (Fsp3) is 0.435. The average molecular weight is 456 g/mol. The van der Waals surface area contributed by atoms with Gasteiger partial charge in [0, 0.05) is 13.1 Å².